The van der Waals surface area contributed by atoms with Crippen LogP contribution in [0.25, 0.3) is 0 Å². The van der Waals surface area contributed by atoms with Crippen LogP contribution in [0.1, 0.15) is 6.42 Å². The molecule has 1 rings (SSSR count). The van der Waals surface area contributed by atoms with Crippen LogP contribution in [0.3, 0.4) is 0 Å². The number of piperidine rings is 1. The Kier molecular flexibility index (Phi) is 2.76. The molecule has 0 bridgehead atoms. The number of methoxy groups -OCH3 is 1. The van der Waals surface area contributed by atoms with Crippen molar-refractivity contribution in [3.63, 3.8) is 0 Å². The number of hydrogen-bond donors (Lipinski definition) is 1. The van der Waals surface area contributed by atoms with E-state index in [0.29, 0.717) is 0 Å². The lowest BCUT2D eigenvalue weighted by Gasteiger charge is -2.26. The summed E-state index contributed by atoms with van der Waals surface area (Å²) < 4.78 is 5.13. The maximum absolute atomic E-state index is 5.90. The second kappa shape index (κ2) is 3.40. The summed E-state index contributed by atoms with van der Waals surface area (Å²) in [6.07, 6.45) is 1.29. The van der Waals surface area contributed by atoms with Crippen molar-refractivity contribution < 1.29 is 4.74 Å². The Balaban J connectivity index is 2.30. The molecular weight excluding hydrogens is 138 g/mol. The van der Waals surface area contributed by atoms with Crippen LogP contribution in [0.15, 0.2) is 0 Å². The lowest BCUT2D eigenvalue weighted by atomic mass is 10.1. The summed E-state index contributed by atoms with van der Waals surface area (Å²) in [5.41, 5.74) is 0. The van der Waals surface area contributed by atoms with Gasteiger partial charge in [0.25, 0.3) is 0 Å². The molecule has 54 valence electrons. The fraction of sp³-hybridized carbons (Fsp3) is 1.00. The molecule has 1 fully saturated rings. The van der Waals surface area contributed by atoms with Gasteiger partial charge in [0.1, 0.15) is 0 Å². The van der Waals surface area contributed by atoms with E-state index in [1.54, 1.807) is 7.11 Å². The van der Waals surface area contributed by atoms with E-state index in [2.05, 4.69) is 5.32 Å². The van der Waals surface area contributed by atoms with Crippen molar-refractivity contribution in [1.82, 2.24) is 5.32 Å². The highest BCUT2D eigenvalue weighted by atomic mass is 35.5. The van der Waals surface area contributed by atoms with Crippen LogP contribution in [0.2, 0.25) is 0 Å². The van der Waals surface area contributed by atoms with Crippen molar-refractivity contribution in [3.05, 3.63) is 0 Å². The third kappa shape index (κ3) is 1.81. The van der Waals surface area contributed by atoms with Crippen LogP contribution in [-0.4, -0.2) is 31.7 Å². The van der Waals surface area contributed by atoms with Crippen molar-refractivity contribution in [2.24, 2.45) is 0 Å². The van der Waals surface area contributed by atoms with Gasteiger partial charge in [-0.25, -0.2) is 0 Å². The highest BCUT2D eigenvalue weighted by Crippen LogP contribution is 2.12. The third-order valence-electron chi connectivity index (χ3n) is 1.65. The molecule has 0 radical (unpaired) electrons. The third-order valence-corrected chi connectivity index (χ3v) is 2.09. The Morgan fingerprint density at radius 1 is 1.67 bits per heavy atom. The standard InChI is InChI=1S/C6H12ClNO/c1-9-6-2-3-8-4-5(6)7/h5-6,8H,2-4H2,1H3/t5-,6+/m0/s1. The van der Waals surface area contributed by atoms with Gasteiger partial charge in [-0.2, -0.15) is 0 Å². The molecule has 0 amide bonds. The lowest BCUT2D eigenvalue weighted by molar-refractivity contribution is 0.0798. The molecule has 3 heteroatoms. The number of halogens is 1. The van der Waals surface area contributed by atoms with Crippen LogP contribution >= 0.6 is 11.6 Å². The van der Waals surface area contributed by atoms with Crippen molar-refractivity contribution in [3.8, 4) is 0 Å². The summed E-state index contributed by atoms with van der Waals surface area (Å²) in [5.74, 6) is 0. The zero-order chi connectivity index (χ0) is 6.69. The fourth-order valence-corrected chi connectivity index (χ4v) is 1.40. The van der Waals surface area contributed by atoms with Gasteiger partial charge in [-0.3, -0.25) is 0 Å². The van der Waals surface area contributed by atoms with Crippen molar-refractivity contribution in [1.29, 1.82) is 0 Å². The van der Waals surface area contributed by atoms with Gasteiger partial charge >= 0.3 is 0 Å². The first kappa shape index (κ1) is 7.32. The van der Waals surface area contributed by atoms with Crippen molar-refractivity contribution in [2.45, 2.75) is 17.9 Å². The van der Waals surface area contributed by atoms with Crippen LogP contribution in [0.5, 0.6) is 0 Å². The molecule has 1 N–H and O–H groups in total. The van der Waals surface area contributed by atoms with E-state index >= 15 is 0 Å². The van der Waals surface area contributed by atoms with E-state index in [1.165, 1.54) is 0 Å². The minimum Gasteiger partial charge on any atom is -0.380 e. The molecule has 1 saturated heterocycles. The molecule has 0 aromatic rings. The number of nitrogens with one attached hydrogen (secondary N) is 1. The van der Waals surface area contributed by atoms with Crippen LogP contribution in [-0.2, 0) is 4.74 Å². The molecule has 0 unspecified atom stereocenters. The zero-order valence-electron chi connectivity index (χ0n) is 5.56. The van der Waals surface area contributed by atoms with Gasteiger partial charge in [-0.05, 0) is 13.0 Å². The quantitative estimate of drug-likeness (QED) is 0.552. The highest BCUT2D eigenvalue weighted by Gasteiger charge is 2.21. The summed E-state index contributed by atoms with van der Waals surface area (Å²) in [4.78, 5) is 0. The molecule has 0 spiro atoms. The number of ether oxygens (including phenoxy) is 1. The molecule has 2 nitrogen and oxygen atoms in total. The first-order valence-corrected chi connectivity index (χ1v) is 3.66. The van der Waals surface area contributed by atoms with Crippen LogP contribution < -0.4 is 5.32 Å². The maximum atomic E-state index is 5.90. The predicted octanol–water partition coefficient (Wildman–Crippen LogP) is 0.602. The van der Waals surface area contributed by atoms with E-state index in [-0.39, 0.29) is 11.5 Å². The minimum absolute atomic E-state index is 0.156. The normalized spacial score (nSPS) is 36.7. The van der Waals surface area contributed by atoms with Gasteiger partial charge in [-0.1, -0.05) is 0 Å². The van der Waals surface area contributed by atoms with Crippen molar-refractivity contribution >= 4 is 11.6 Å². The van der Waals surface area contributed by atoms with E-state index < -0.39 is 0 Å². The molecule has 1 aliphatic heterocycles. The topological polar surface area (TPSA) is 21.3 Å². The largest absolute Gasteiger partial charge is 0.380 e. The summed E-state index contributed by atoms with van der Waals surface area (Å²) in [7, 11) is 1.71. The lowest BCUT2D eigenvalue weighted by Crippen LogP contribution is -2.41. The van der Waals surface area contributed by atoms with Crippen molar-refractivity contribution in [2.75, 3.05) is 20.2 Å². The summed E-state index contributed by atoms with van der Waals surface area (Å²) in [5, 5.41) is 3.34. The average molecular weight is 150 g/mol. The zero-order valence-corrected chi connectivity index (χ0v) is 6.32. The molecule has 0 aliphatic carbocycles. The summed E-state index contributed by atoms with van der Waals surface area (Å²) in [6, 6.07) is 0. The second-order valence-corrected chi connectivity index (χ2v) is 2.84. The molecule has 2 atom stereocenters. The predicted molar refractivity (Wildman–Crippen MR) is 37.9 cm³/mol. The monoisotopic (exact) mass is 149 g/mol. The Morgan fingerprint density at radius 3 is 2.89 bits per heavy atom. The Labute approximate surface area is 60.5 Å². The number of hydrogen-bond acceptors (Lipinski definition) is 2. The SMILES string of the molecule is CO[C@@H]1CCNC[C@@H]1Cl. The molecule has 9 heavy (non-hydrogen) atoms. The number of alkyl halides is 1. The van der Waals surface area contributed by atoms with Gasteiger partial charge in [0, 0.05) is 13.7 Å². The summed E-state index contributed by atoms with van der Waals surface area (Å²) in [6.45, 7) is 1.90. The maximum Gasteiger partial charge on any atom is 0.0759 e. The molecule has 0 aromatic heterocycles. The minimum atomic E-state index is 0.156. The number of rotatable bonds is 1. The molecule has 1 heterocycles. The first-order chi connectivity index (χ1) is 4.34. The van der Waals surface area contributed by atoms with Gasteiger partial charge < -0.3 is 10.1 Å². The fourth-order valence-electron chi connectivity index (χ4n) is 1.06. The first-order valence-electron chi connectivity index (χ1n) is 3.22. The van der Waals surface area contributed by atoms with E-state index in [0.717, 1.165) is 19.5 Å². The van der Waals surface area contributed by atoms with E-state index in [4.69, 9.17) is 16.3 Å². The van der Waals surface area contributed by atoms with Gasteiger partial charge in [0.15, 0.2) is 0 Å². The van der Waals surface area contributed by atoms with E-state index in [9.17, 15) is 0 Å². The molecule has 0 aromatic carbocycles. The summed E-state index contributed by atoms with van der Waals surface area (Å²) >= 11 is 5.90. The molecule has 0 saturated carbocycles. The smallest absolute Gasteiger partial charge is 0.0759 e. The second-order valence-electron chi connectivity index (χ2n) is 2.28. The van der Waals surface area contributed by atoms with Gasteiger partial charge in [0.2, 0.25) is 0 Å². The van der Waals surface area contributed by atoms with Crippen LogP contribution in [0, 0.1) is 0 Å². The Hall–Kier alpha value is 0.210. The van der Waals surface area contributed by atoms with E-state index in [1.807, 2.05) is 0 Å². The van der Waals surface area contributed by atoms with Crippen LogP contribution in [0.4, 0.5) is 0 Å². The average Bonchev–Trinajstić information content (AvgIpc) is 1.89. The van der Waals surface area contributed by atoms with Gasteiger partial charge in [-0.15, -0.1) is 11.6 Å². The van der Waals surface area contributed by atoms with Gasteiger partial charge in [0.05, 0.1) is 11.5 Å². The highest BCUT2D eigenvalue weighted by molar-refractivity contribution is 6.21. The molecular formula is C6H12ClNO. The Bertz CT molecular complexity index is 89.1. The Morgan fingerprint density at radius 2 is 2.44 bits per heavy atom. The molecule has 1 aliphatic rings.